The van der Waals surface area contributed by atoms with Crippen LogP contribution < -0.4 is 4.74 Å². The molecule has 182 valence electrons. The Balaban J connectivity index is 1.65. The number of carboxylic acid groups (broad SMARTS) is 1. The van der Waals surface area contributed by atoms with Crippen molar-refractivity contribution in [2.45, 2.75) is 31.7 Å². The van der Waals surface area contributed by atoms with Crippen LogP contribution in [0.4, 0.5) is 8.78 Å². The Labute approximate surface area is 206 Å². The van der Waals surface area contributed by atoms with Gasteiger partial charge >= 0.3 is 5.97 Å². The molecule has 1 aliphatic rings. The molecule has 0 spiro atoms. The van der Waals surface area contributed by atoms with Crippen molar-refractivity contribution in [1.29, 1.82) is 0 Å². The van der Waals surface area contributed by atoms with Gasteiger partial charge < -0.3 is 14.7 Å². The molecule has 3 aromatic carbocycles. The normalized spacial score (nSPS) is 14.9. The lowest BCUT2D eigenvalue weighted by Crippen LogP contribution is -2.40. The molecule has 3 aromatic rings. The smallest absolute Gasteiger partial charge is 0.341 e. The topological polar surface area (TPSA) is 66.8 Å². The highest BCUT2D eigenvalue weighted by molar-refractivity contribution is 6.30. The minimum Gasteiger partial charge on any atom is -0.482 e. The molecule has 5 nitrogen and oxygen atoms in total. The summed E-state index contributed by atoms with van der Waals surface area (Å²) in [6.07, 6.45) is 1.53. The number of rotatable bonds is 8. The van der Waals surface area contributed by atoms with E-state index in [4.69, 9.17) is 21.4 Å². The summed E-state index contributed by atoms with van der Waals surface area (Å²) in [7, 11) is 0. The average molecular weight is 500 g/mol. The first-order valence-corrected chi connectivity index (χ1v) is 11.7. The van der Waals surface area contributed by atoms with Crippen LogP contribution in [0, 0.1) is 11.6 Å². The van der Waals surface area contributed by atoms with Crippen LogP contribution in [-0.4, -0.2) is 35.0 Å². The highest BCUT2D eigenvalue weighted by Crippen LogP contribution is 2.41. The van der Waals surface area contributed by atoms with E-state index in [-0.39, 0.29) is 29.7 Å². The number of nitrogens with zero attached hydrogens (tertiary/aromatic N) is 1. The zero-order valence-electron chi connectivity index (χ0n) is 18.8. The number of hydrogen-bond donors (Lipinski definition) is 1. The summed E-state index contributed by atoms with van der Waals surface area (Å²) in [5, 5.41) is 9.48. The third kappa shape index (κ3) is 5.80. The number of carboxylic acids is 1. The van der Waals surface area contributed by atoms with Gasteiger partial charge in [-0.25, -0.2) is 13.6 Å². The second-order valence-electron chi connectivity index (χ2n) is 8.39. The number of hydrogen-bond acceptors (Lipinski definition) is 3. The Morgan fingerprint density at radius 2 is 1.86 bits per heavy atom. The van der Waals surface area contributed by atoms with Gasteiger partial charge in [0.1, 0.15) is 17.4 Å². The average Bonchev–Trinajstić information content (AvgIpc) is 2.83. The summed E-state index contributed by atoms with van der Waals surface area (Å²) in [4.78, 5) is 26.2. The van der Waals surface area contributed by atoms with Gasteiger partial charge in [-0.1, -0.05) is 35.9 Å². The van der Waals surface area contributed by atoms with Gasteiger partial charge in [-0.15, -0.1) is 0 Å². The van der Waals surface area contributed by atoms with E-state index in [1.807, 2.05) is 0 Å². The molecule has 1 atom stereocenters. The SMILES string of the molecule is O=C(O)COc1ccc(Cl)cc1C1c2ccc(F)cc2CCN1C(=O)CCCc1ccccc1F. The Morgan fingerprint density at radius 3 is 2.63 bits per heavy atom. The Morgan fingerprint density at radius 1 is 1.06 bits per heavy atom. The number of halogens is 3. The fraction of sp³-hybridized carbons (Fsp3) is 0.259. The van der Waals surface area contributed by atoms with E-state index in [1.54, 1.807) is 47.4 Å². The summed E-state index contributed by atoms with van der Waals surface area (Å²) >= 11 is 6.27. The molecule has 1 heterocycles. The number of aliphatic carboxylic acids is 1. The zero-order chi connectivity index (χ0) is 24.9. The third-order valence-corrected chi connectivity index (χ3v) is 6.30. The molecular weight excluding hydrogens is 476 g/mol. The molecule has 1 amide bonds. The lowest BCUT2D eigenvalue weighted by atomic mass is 9.87. The fourth-order valence-corrected chi connectivity index (χ4v) is 4.66. The fourth-order valence-electron chi connectivity index (χ4n) is 4.48. The van der Waals surface area contributed by atoms with Gasteiger partial charge in [0.25, 0.3) is 0 Å². The molecule has 35 heavy (non-hydrogen) atoms. The van der Waals surface area contributed by atoms with Gasteiger partial charge in [-0.05, 0) is 72.4 Å². The van der Waals surface area contributed by atoms with E-state index in [2.05, 4.69) is 0 Å². The lowest BCUT2D eigenvalue weighted by molar-refractivity contribution is -0.139. The van der Waals surface area contributed by atoms with Crippen molar-refractivity contribution in [3.05, 3.63) is 99.6 Å². The van der Waals surface area contributed by atoms with Crippen molar-refractivity contribution < 1.29 is 28.2 Å². The molecule has 0 aromatic heterocycles. The number of aryl methyl sites for hydroxylation is 1. The maximum atomic E-state index is 14.0. The van der Waals surface area contributed by atoms with E-state index >= 15 is 0 Å². The summed E-state index contributed by atoms with van der Waals surface area (Å²) in [5.41, 5.74) is 2.56. The van der Waals surface area contributed by atoms with Crippen LogP contribution in [-0.2, 0) is 22.4 Å². The van der Waals surface area contributed by atoms with Crippen LogP contribution in [0.25, 0.3) is 0 Å². The van der Waals surface area contributed by atoms with Crippen molar-refractivity contribution in [3.8, 4) is 5.75 Å². The second-order valence-corrected chi connectivity index (χ2v) is 8.83. The molecule has 1 aliphatic heterocycles. The van der Waals surface area contributed by atoms with Crippen LogP contribution in [0.5, 0.6) is 5.75 Å². The number of amides is 1. The van der Waals surface area contributed by atoms with Gasteiger partial charge in [0.15, 0.2) is 6.61 Å². The van der Waals surface area contributed by atoms with Crippen molar-refractivity contribution in [1.82, 2.24) is 4.90 Å². The summed E-state index contributed by atoms with van der Waals surface area (Å²) < 4.78 is 33.5. The maximum Gasteiger partial charge on any atom is 0.341 e. The second kappa shape index (κ2) is 10.9. The highest BCUT2D eigenvalue weighted by atomic mass is 35.5. The number of ether oxygens (including phenoxy) is 1. The van der Waals surface area contributed by atoms with Crippen molar-refractivity contribution in [2.24, 2.45) is 0 Å². The van der Waals surface area contributed by atoms with Crippen molar-refractivity contribution in [3.63, 3.8) is 0 Å². The van der Waals surface area contributed by atoms with E-state index in [1.165, 1.54) is 18.2 Å². The molecule has 0 saturated heterocycles. The van der Waals surface area contributed by atoms with Crippen LogP contribution >= 0.6 is 11.6 Å². The number of fused-ring (bicyclic) bond motifs is 1. The van der Waals surface area contributed by atoms with Crippen LogP contribution in [0.1, 0.15) is 41.1 Å². The van der Waals surface area contributed by atoms with Gasteiger partial charge in [0, 0.05) is 23.6 Å². The Hall–Kier alpha value is -3.45. The summed E-state index contributed by atoms with van der Waals surface area (Å²) in [6, 6.07) is 15.0. The Kier molecular flexibility index (Phi) is 7.66. The predicted octanol–water partition coefficient (Wildman–Crippen LogP) is 5.58. The largest absolute Gasteiger partial charge is 0.482 e. The summed E-state index contributed by atoms with van der Waals surface area (Å²) in [5.74, 6) is -1.68. The van der Waals surface area contributed by atoms with Gasteiger partial charge in [-0.3, -0.25) is 4.79 Å². The molecule has 0 radical (unpaired) electrons. The molecule has 0 bridgehead atoms. The van der Waals surface area contributed by atoms with E-state index < -0.39 is 18.6 Å². The minimum atomic E-state index is -1.14. The molecule has 8 heteroatoms. The van der Waals surface area contributed by atoms with Crippen molar-refractivity contribution in [2.75, 3.05) is 13.2 Å². The van der Waals surface area contributed by atoms with E-state index in [9.17, 15) is 18.4 Å². The minimum absolute atomic E-state index is 0.148. The highest BCUT2D eigenvalue weighted by Gasteiger charge is 2.34. The maximum absolute atomic E-state index is 14.0. The van der Waals surface area contributed by atoms with E-state index in [0.29, 0.717) is 42.0 Å². The first-order valence-electron chi connectivity index (χ1n) is 11.3. The first kappa shape index (κ1) is 24.7. The van der Waals surface area contributed by atoms with Crippen LogP contribution in [0.3, 0.4) is 0 Å². The first-order chi connectivity index (χ1) is 16.8. The number of benzene rings is 3. The van der Waals surface area contributed by atoms with Gasteiger partial charge in [0.05, 0.1) is 6.04 Å². The summed E-state index contributed by atoms with van der Waals surface area (Å²) in [6.45, 7) is -0.223. The number of carbonyl (C=O) groups is 2. The standard InChI is InChI=1S/C27H24ClF2NO4/c28-19-8-11-24(35-16-26(33)34)22(15-19)27-21-10-9-20(29)14-18(21)12-13-31(27)25(32)7-3-5-17-4-1-2-6-23(17)30/h1-2,4,6,8-11,14-15,27H,3,5,7,12-13,16H2,(H,33,34). The van der Waals surface area contributed by atoms with Crippen molar-refractivity contribution >= 4 is 23.5 Å². The third-order valence-electron chi connectivity index (χ3n) is 6.07. The molecule has 4 rings (SSSR count). The molecule has 0 aliphatic carbocycles. The van der Waals surface area contributed by atoms with Gasteiger partial charge in [0.2, 0.25) is 5.91 Å². The molecule has 0 fully saturated rings. The molecule has 1 N–H and O–H groups in total. The molecule has 0 saturated carbocycles. The molecule has 1 unspecified atom stereocenters. The lowest BCUT2D eigenvalue weighted by Gasteiger charge is -2.38. The zero-order valence-corrected chi connectivity index (χ0v) is 19.6. The predicted molar refractivity (Wildman–Crippen MR) is 128 cm³/mol. The van der Waals surface area contributed by atoms with E-state index in [0.717, 1.165) is 11.1 Å². The van der Waals surface area contributed by atoms with Crippen LogP contribution in [0.15, 0.2) is 60.7 Å². The van der Waals surface area contributed by atoms with Crippen LogP contribution in [0.2, 0.25) is 5.02 Å². The Bertz CT molecular complexity index is 1250. The quantitative estimate of drug-likeness (QED) is 0.439. The van der Waals surface area contributed by atoms with Gasteiger partial charge in [-0.2, -0.15) is 0 Å². The molecular formula is C27H24ClF2NO4. The number of carbonyl (C=O) groups excluding carboxylic acids is 1. The monoisotopic (exact) mass is 499 g/mol.